The molecular formula is C22H34F3IN4O2. The van der Waals surface area contributed by atoms with Gasteiger partial charge in [0.2, 0.25) is 0 Å². The summed E-state index contributed by atoms with van der Waals surface area (Å²) in [5.74, 6) is 0.172. The molecule has 182 valence electrons. The molecule has 6 nitrogen and oxygen atoms in total. The molecule has 0 aliphatic carbocycles. The lowest BCUT2D eigenvalue weighted by atomic mass is 10.0. The van der Waals surface area contributed by atoms with Crippen molar-refractivity contribution in [2.75, 3.05) is 26.2 Å². The SMILES string of the molecule is CCNC(=NCC(=O)OC(C)(C)C)NC1CCN(Cc2cccc(C(F)(F)F)c2)CC1.I. The van der Waals surface area contributed by atoms with Gasteiger partial charge in [-0.25, -0.2) is 4.99 Å². The average Bonchev–Trinajstić information content (AvgIpc) is 2.66. The van der Waals surface area contributed by atoms with Crippen molar-refractivity contribution in [2.24, 2.45) is 4.99 Å². The van der Waals surface area contributed by atoms with Gasteiger partial charge in [-0.05, 0) is 52.2 Å². The molecule has 0 amide bonds. The molecule has 1 saturated heterocycles. The normalized spacial score (nSPS) is 16.3. The summed E-state index contributed by atoms with van der Waals surface area (Å²) in [7, 11) is 0. The van der Waals surface area contributed by atoms with Gasteiger partial charge < -0.3 is 15.4 Å². The van der Waals surface area contributed by atoms with Gasteiger partial charge in [-0.15, -0.1) is 24.0 Å². The van der Waals surface area contributed by atoms with Gasteiger partial charge in [0, 0.05) is 32.2 Å². The second-order valence-electron chi connectivity index (χ2n) is 8.67. The van der Waals surface area contributed by atoms with E-state index in [0.29, 0.717) is 24.6 Å². The summed E-state index contributed by atoms with van der Waals surface area (Å²) in [6.45, 7) is 9.99. The number of alkyl halides is 3. The van der Waals surface area contributed by atoms with E-state index >= 15 is 0 Å². The fourth-order valence-corrected chi connectivity index (χ4v) is 3.37. The van der Waals surface area contributed by atoms with Gasteiger partial charge in [0.05, 0.1) is 5.56 Å². The van der Waals surface area contributed by atoms with E-state index in [1.807, 2.05) is 27.7 Å². The van der Waals surface area contributed by atoms with E-state index < -0.39 is 17.3 Å². The van der Waals surface area contributed by atoms with Crippen LogP contribution >= 0.6 is 24.0 Å². The number of likely N-dealkylation sites (tertiary alicyclic amines) is 1. The Morgan fingerprint density at radius 3 is 2.44 bits per heavy atom. The maximum atomic E-state index is 12.9. The fraction of sp³-hybridized carbons (Fsp3) is 0.636. The zero-order chi connectivity index (χ0) is 23.1. The molecule has 1 fully saturated rings. The Morgan fingerprint density at radius 1 is 1.22 bits per heavy atom. The maximum Gasteiger partial charge on any atom is 0.416 e. The van der Waals surface area contributed by atoms with E-state index in [-0.39, 0.29) is 42.5 Å². The first-order valence-corrected chi connectivity index (χ1v) is 10.6. The topological polar surface area (TPSA) is 66.0 Å². The molecule has 0 bridgehead atoms. The number of hydrogen-bond acceptors (Lipinski definition) is 4. The van der Waals surface area contributed by atoms with Gasteiger partial charge in [-0.3, -0.25) is 9.69 Å². The maximum absolute atomic E-state index is 12.9. The monoisotopic (exact) mass is 570 g/mol. The van der Waals surface area contributed by atoms with Crippen LogP contribution in [0.2, 0.25) is 0 Å². The van der Waals surface area contributed by atoms with Crippen molar-refractivity contribution in [3.05, 3.63) is 35.4 Å². The molecule has 0 radical (unpaired) electrons. The van der Waals surface area contributed by atoms with Crippen molar-refractivity contribution in [1.29, 1.82) is 0 Å². The number of piperidine rings is 1. The lowest BCUT2D eigenvalue weighted by molar-refractivity contribution is -0.152. The van der Waals surface area contributed by atoms with Crippen molar-refractivity contribution in [3.8, 4) is 0 Å². The Hall–Kier alpha value is -1.56. The zero-order valence-corrected chi connectivity index (χ0v) is 21.4. The van der Waals surface area contributed by atoms with Crippen molar-refractivity contribution >= 4 is 35.9 Å². The second kappa shape index (κ2) is 12.6. The highest BCUT2D eigenvalue weighted by Gasteiger charge is 2.30. The van der Waals surface area contributed by atoms with Gasteiger partial charge in [-0.1, -0.05) is 18.2 Å². The molecule has 32 heavy (non-hydrogen) atoms. The number of benzene rings is 1. The summed E-state index contributed by atoms with van der Waals surface area (Å²) in [5, 5.41) is 6.47. The molecular weight excluding hydrogens is 536 g/mol. The number of guanidine groups is 1. The summed E-state index contributed by atoms with van der Waals surface area (Å²) in [5.41, 5.74) is -0.503. The molecule has 0 aromatic heterocycles. The largest absolute Gasteiger partial charge is 0.459 e. The molecule has 0 spiro atoms. The highest BCUT2D eigenvalue weighted by Crippen LogP contribution is 2.30. The molecule has 0 unspecified atom stereocenters. The number of esters is 1. The highest BCUT2D eigenvalue weighted by atomic mass is 127. The molecule has 2 N–H and O–H groups in total. The van der Waals surface area contributed by atoms with E-state index in [9.17, 15) is 18.0 Å². The number of carbonyl (C=O) groups excluding carboxylic acids is 1. The molecule has 10 heteroatoms. The van der Waals surface area contributed by atoms with Gasteiger partial charge in [0.1, 0.15) is 12.1 Å². The third-order valence-corrected chi connectivity index (χ3v) is 4.72. The first-order valence-electron chi connectivity index (χ1n) is 10.6. The molecule has 0 atom stereocenters. The number of aliphatic imine (C=N–C) groups is 1. The van der Waals surface area contributed by atoms with E-state index in [2.05, 4.69) is 20.5 Å². The average molecular weight is 570 g/mol. The van der Waals surface area contributed by atoms with Crippen molar-refractivity contribution in [2.45, 2.75) is 64.9 Å². The Morgan fingerprint density at radius 2 is 1.88 bits per heavy atom. The molecule has 2 rings (SSSR count). The predicted octanol–water partition coefficient (Wildman–Crippen LogP) is 4.18. The number of halogens is 4. The summed E-state index contributed by atoms with van der Waals surface area (Å²) in [4.78, 5) is 18.4. The molecule has 1 aliphatic rings. The third kappa shape index (κ3) is 10.4. The molecule has 0 saturated carbocycles. The van der Waals surface area contributed by atoms with Crippen LogP contribution < -0.4 is 10.6 Å². The van der Waals surface area contributed by atoms with Gasteiger partial charge in [0.25, 0.3) is 0 Å². The van der Waals surface area contributed by atoms with Crippen LogP contribution in [0.4, 0.5) is 13.2 Å². The molecule has 1 aliphatic heterocycles. The van der Waals surface area contributed by atoms with Crippen LogP contribution in [0.1, 0.15) is 51.7 Å². The quantitative estimate of drug-likeness (QED) is 0.233. The Bertz CT molecular complexity index is 758. The van der Waals surface area contributed by atoms with E-state index in [1.54, 1.807) is 6.07 Å². The lowest BCUT2D eigenvalue weighted by Crippen LogP contribution is -2.48. The van der Waals surface area contributed by atoms with Crippen molar-refractivity contribution < 1.29 is 22.7 Å². The lowest BCUT2D eigenvalue weighted by Gasteiger charge is -2.33. The van der Waals surface area contributed by atoms with Crippen molar-refractivity contribution in [3.63, 3.8) is 0 Å². The van der Waals surface area contributed by atoms with Crippen LogP contribution in [-0.4, -0.2) is 54.7 Å². The standard InChI is InChI=1S/C22H33F3N4O2.HI/c1-5-26-20(27-14-19(30)31-21(2,3)4)28-18-9-11-29(12-10-18)15-16-7-6-8-17(13-16)22(23,24)25;/h6-8,13,18H,5,9-12,14-15H2,1-4H3,(H2,26,27,28);1H. The van der Waals surface area contributed by atoms with E-state index in [4.69, 9.17) is 4.74 Å². The second-order valence-corrected chi connectivity index (χ2v) is 8.67. The molecule has 1 aromatic rings. The van der Waals surface area contributed by atoms with Crippen LogP contribution in [0.5, 0.6) is 0 Å². The number of ether oxygens (including phenoxy) is 1. The first-order chi connectivity index (χ1) is 14.5. The number of hydrogen-bond donors (Lipinski definition) is 2. The Balaban J connectivity index is 0.00000512. The third-order valence-electron chi connectivity index (χ3n) is 4.72. The van der Waals surface area contributed by atoms with E-state index in [1.165, 1.54) is 12.1 Å². The number of rotatable bonds is 6. The van der Waals surface area contributed by atoms with Crippen LogP contribution in [0.25, 0.3) is 0 Å². The van der Waals surface area contributed by atoms with Gasteiger partial charge in [0.15, 0.2) is 5.96 Å². The minimum Gasteiger partial charge on any atom is -0.459 e. The fourth-order valence-electron chi connectivity index (χ4n) is 3.37. The number of nitrogens with zero attached hydrogens (tertiary/aromatic N) is 2. The first kappa shape index (κ1) is 28.5. The Kier molecular flexibility index (Phi) is 11.2. The van der Waals surface area contributed by atoms with Gasteiger partial charge in [-0.2, -0.15) is 13.2 Å². The summed E-state index contributed by atoms with van der Waals surface area (Å²) in [6, 6.07) is 5.67. The van der Waals surface area contributed by atoms with Crippen molar-refractivity contribution in [1.82, 2.24) is 15.5 Å². The van der Waals surface area contributed by atoms with Crippen LogP contribution in [0, 0.1) is 0 Å². The summed E-state index contributed by atoms with van der Waals surface area (Å²) < 4.78 is 44.0. The minimum atomic E-state index is -4.33. The minimum absolute atomic E-state index is 0. The summed E-state index contributed by atoms with van der Waals surface area (Å²) in [6.07, 6.45) is -2.67. The van der Waals surface area contributed by atoms with Crippen LogP contribution in [0.15, 0.2) is 29.3 Å². The van der Waals surface area contributed by atoms with E-state index in [0.717, 1.165) is 32.0 Å². The molecule has 1 aromatic carbocycles. The number of nitrogens with one attached hydrogen (secondary N) is 2. The highest BCUT2D eigenvalue weighted by molar-refractivity contribution is 14.0. The van der Waals surface area contributed by atoms with Gasteiger partial charge >= 0.3 is 12.1 Å². The predicted molar refractivity (Wildman–Crippen MR) is 130 cm³/mol. The smallest absolute Gasteiger partial charge is 0.416 e. The van der Waals surface area contributed by atoms with Crippen LogP contribution in [-0.2, 0) is 22.3 Å². The molecule has 1 heterocycles. The van der Waals surface area contributed by atoms with Crippen LogP contribution in [0.3, 0.4) is 0 Å². The Labute approximate surface area is 205 Å². The zero-order valence-electron chi connectivity index (χ0n) is 19.1. The number of carbonyl (C=O) groups is 1. The summed E-state index contributed by atoms with van der Waals surface area (Å²) >= 11 is 0.